The van der Waals surface area contributed by atoms with Crippen LogP contribution in [0.1, 0.15) is 79.7 Å². The molecule has 5 rings (SSSR count). The van der Waals surface area contributed by atoms with Crippen LogP contribution in [-0.2, 0) is 30.3 Å². The summed E-state index contributed by atoms with van der Waals surface area (Å²) in [6.07, 6.45) is 8.13. The van der Waals surface area contributed by atoms with Gasteiger partial charge in [0.1, 0.15) is 6.33 Å². The number of aliphatic hydroxyl groups excluding tert-OH is 1. The van der Waals surface area contributed by atoms with Crippen molar-refractivity contribution in [3.63, 3.8) is 0 Å². The Kier molecular flexibility index (Phi) is 12.8. The van der Waals surface area contributed by atoms with Crippen LogP contribution < -0.4 is 0 Å². The minimum atomic E-state index is 0. The fraction of sp³-hybridized carbons (Fsp3) is 0.368. The van der Waals surface area contributed by atoms with Gasteiger partial charge in [-0.25, -0.2) is 9.97 Å². The van der Waals surface area contributed by atoms with E-state index in [0.29, 0.717) is 5.71 Å². The maximum absolute atomic E-state index is 11.7. The van der Waals surface area contributed by atoms with Gasteiger partial charge in [0.2, 0.25) is 5.71 Å². The summed E-state index contributed by atoms with van der Waals surface area (Å²) in [7, 11) is 0. The second kappa shape index (κ2) is 16.1. The fourth-order valence-corrected chi connectivity index (χ4v) is 5.40. The molecule has 0 atom stereocenters. The summed E-state index contributed by atoms with van der Waals surface area (Å²) in [5, 5.41) is 13.0. The Labute approximate surface area is 280 Å². The van der Waals surface area contributed by atoms with Crippen molar-refractivity contribution >= 4 is 27.7 Å². The van der Waals surface area contributed by atoms with Gasteiger partial charge in [-0.3, -0.25) is 9.78 Å². The molecule has 239 valence electrons. The molecule has 0 spiro atoms. The molecule has 0 aliphatic heterocycles. The van der Waals surface area contributed by atoms with Crippen LogP contribution in [0.25, 0.3) is 44.5 Å². The zero-order chi connectivity index (χ0) is 31.9. The van der Waals surface area contributed by atoms with Gasteiger partial charge in [0, 0.05) is 49.1 Å². The summed E-state index contributed by atoms with van der Waals surface area (Å²) in [4.78, 5) is 25.3. The number of furan rings is 1. The van der Waals surface area contributed by atoms with Gasteiger partial charge >= 0.3 is 0 Å². The first-order valence-corrected chi connectivity index (χ1v) is 15.7. The molecule has 0 aliphatic rings. The van der Waals surface area contributed by atoms with Crippen LogP contribution in [0.5, 0.6) is 0 Å². The van der Waals surface area contributed by atoms with E-state index in [1.165, 1.54) is 17.0 Å². The molecule has 5 aromatic rings. The SMILES string of the molecule is CC(C)(C)c1cc(-c2cc(-c3ccc4ccoc4n3)ncn2)[c-]c2ccccc12.CCC(CC)C(=O)/C=C(\O)C(CC)CC.[Ir]. The van der Waals surface area contributed by atoms with Crippen molar-refractivity contribution in [2.24, 2.45) is 11.8 Å². The third kappa shape index (κ3) is 8.74. The number of hydrogen-bond donors (Lipinski definition) is 1. The molecule has 0 aliphatic carbocycles. The molecular formula is C38H44IrN3O3-. The van der Waals surface area contributed by atoms with E-state index in [1.807, 2.05) is 58.0 Å². The normalized spacial score (nSPS) is 11.9. The Morgan fingerprint density at radius 2 is 1.56 bits per heavy atom. The minimum Gasteiger partial charge on any atom is -0.512 e. The molecule has 0 fully saturated rings. The molecule has 1 radical (unpaired) electrons. The number of pyridine rings is 1. The van der Waals surface area contributed by atoms with Gasteiger partial charge in [-0.2, -0.15) is 0 Å². The van der Waals surface area contributed by atoms with Gasteiger partial charge in [-0.05, 0) is 55.4 Å². The smallest absolute Gasteiger partial charge is 0.226 e. The number of carbonyl (C=O) groups is 1. The average Bonchev–Trinajstić information content (AvgIpc) is 3.50. The second-order valence-electron chi connectivity index (χ2n) is 12.2. The standard InChI is InChI=1S/C25H20N3O.C13H24O2.Ir/c1-25(2,3)20-13-18(12-17-6-4-5-7-19(17)20)22-14-23(27-15-26-22)21-9-8-16-10-11-29-24(16)28-21;1-5-10(6-2)12(14)9-13(15)11(7-3)8-4;/h4-11,13-15H,1-3H3;9-11,14H,5-8H2,1-4H3;/q-1;;/b;12-9-;. The third-order valence-corrected chi connectivity index (χ3v) is 8.19. The number of fused-ring (bicyclic) bond motifs is 2. The zero-order valence-corrected chi connectivity index (χ0v) is 29.7. The molecule has 3 heterocycles. The minimum absolute atomic E-state index is 0. The molecule has 0 saturated carbocycles. The van der Waals surface area contributed by atoms with Gasteiger partial charge in [-0.1, -0.05) is 77.6 Å². The maximum Gasteiger partial charge on any atom is 0.226 e. The summed E-state index contributed by atoms with van der Waals surface area (Å²) in [5.74, 6) is 0.547. The van der Waals surface area contributed by atoms with E-state index >= 15 is 0 Å². The van der Waals surface area contributed by atoms with E-state index in [0.717, 1.165) is 59.1 Å². The number of rotatable bonds is 9. The summed E-state index contributed by atoms with van der Waals surface area (Å²) in [6, 6.07) is 21.9. The van der Waals surface area contributed by atoms with Crippen molar-refractivity contribution in [3.8, 4) is 22.6 Å². The monoisotopic (exact) mass is 783 g/mol. The Morgan fingerprint density at radius 1 is 0.889 bits per heavy atom. The van der Waals surface area contributed by atoms with E-state index in [4.69, 9.17) is 4.42 Å². The average molecular weight is 783 g/mol. The molecule has 45 heavy (non-hydrogen) atoms. The van der Waals surface area contributed by atoms with Gasteiger partial charge < -0.3 is 9.52 Å². The van der Waals surface area contributed by atoms with Crippen molar-refractivity contribution in [2.45, 2.75) is 79.6 Å². The largest absolute Gasteiger partial charge is 0.512 e. The first-order chi connectivity index (χ1) is 21.1. The fourth-order valence-electron chi connectivity index (χ4n) is 5.40. The Bertz CT molecular complexity index is 1740. The van der Waals surface area contributed by atoms with Gasteiger partial charge in [0.05, 0.1) is 23.4 Å². The van der Waals surface area contributed by atoms with E-state index < -0.39 is 0 Å². The van der Waals surface area contributed by atoms with Crippen molar-refractivity contribution in [3.05, 3.63) is 90.7 Å². The van der Waals surface area contributed by atoms with Crippen molar-refractivity contribution in [1.29, 1.82) is 0 Å². The first-order valence-electron chi connectivity index (χ1n) is 15.7. The van der Waals surface area contributed by atoms with Crippen molar-refractivity contribution in [2.75, 3.05) is 0 Å². The Hall–Kier alpha value is -3.67. The summed E-state index contributed by atoms with van der Waals surface area (Å²) in [5.41, 5.74) is 5.18. The topological polar surface area (TPSA) is 89.1 Å². The molecule has 1 N–H and O–H groups in total. The van der Waals surface area contributed by atoms with Crippen LogP contribution in [0.3, 0.4) is 0 Å². The molecule has 3 aromatic heterocycles. The second-order valence-corrected chi connectivity index (χ2v) is 12.2. The molecule has 0 saturated heterocycles. The van der Waals surface area contributed by atoms with Crippen LogP contribution in [-0.4, -0.2) is 25.8 Å². The Morgan fingerprint density at radius 3 is 2.22 bits per heavy atom. The number of aliphatic hydroxyl groups is 1. The van der Waals surface area contributed by atoms with Gasteiger partial charge in [0.25, 0.3) is 0 Å². The van der Waals surface area contributed by atoms with E-state index in [2.05, 4.69) is 66.1 Å². The quantitative estimate of drug-likeness (QED) is 0.0910. The maximum atomic E-state index is 11.7. The van der Waals surface area contributed by atoms with Crippen LogP contribution in [0.4, 0.5) is 0 Å². The Balaban J connectivity index is 0.000000297. The van der Waals surface area contributed by atoms with E-state index in [9.17, 15) is 9.90 Å². The van der Waals surface area contributed by atoms with Gasteiger partial charge in [-0.15, -0.1) is 29.1 Å². The number of hydrogen-bond acceptors (Lipinski definition) is 6. The predicted molar refractivity (Wildman–Crippen MR) is 179 cm³/mol. The van der Waals surface area contributed by atoms with Crippen LogP contribution >= 0.6 is 0 Å². The van der Waals surface area contributed by atoms with E-state index in [-0.39, 0.29) is 48.9 Å². The molecule has 0 amide bonds. The predicted octanol–water partition coefficient (Wildman–Crippen LogP) is 10.1. The van der Waals surface area contributed by atoms with Crippen molar-refractivity contribution < 1.29 is 34.4 Å². The number of aromatic nitrogens is 3. The number of nitrogens with zero attached hydrogens (tertiary/aromatic N) is 3. The van der Waals surface area contributed by atoms with Crippen LogP contribution in [0, 0.1) is 17.9 Å². The zero-order valence-electron chi connectivity index (χ0n) is 27.4. The van der Waals surface area contributed by atoms with E-state index in [1.54, 1.807) is 12.6 Å². The number of allylic oxidation sites excluding steroid dienone is 2. The van der Waals surface area contributed by atoms with Gasteiger partial charge in [0.15, 0.2) is 5.78 Å². The number of benzene rings is 2. The molecule has 0 unspecified atom stereocenters. The van der Waals surface area contributed by atoms with Crippen LogP contribution in [0.2, 0.25) is 0 Å². The van der Waals surface area contributed by atoms with Crippen molar-refractivity contribution in [1.82, 2.24) is 15.0 Å². The number of carbonyl (C=O) groups excluding carboxylic acids is 1. The molecule has 7 heteroatoms. The third-order valence-electron chi connectivity index (χ3n) is 8.19. The van der Waals surface area contributed by atoms with Crippen LogP contribution in [0.15, 0.2) is 83.4 Å². The molecular weight excluding hydrogens is 739 g/mol. The molecule has 0 bridgehead atoms. The first kappa shape index (κ1) is 35.8. The molecule has 6 nitrogen and oxygen atoms in total. The summed E-state index contributed by atoms with van der Waals surface area (Å²) >= 11 is 0. The number of ketones is 1. The summed E-state index contributed by atoms with van der Waals surface area (Å²) in [6.45, 7) is 14.8. The summed E-state index contributed by atoms with van der Waals surface area (Å²) < 4.78 is 5.44. The molecule has 2 aromatic carbocycles.